The van der Waals surface area contributed by atoms with E-state index in [4.69, 9.17) is 4.42 Å². The maximum atomic E-state index is 11.8. The molecule has 18 heavy (non-hydrogen) atoms. The summed E-state index contributed by atoms with van der Waals surface area (Å²) >= 11 is 0. The lowest BCUT2D eigenvalue weighted by Crippen LogP contribution is -2.22. The number of amides is 1. The van der Waals surface area contributed by atoms with Gasteiger partial charge in [0.25, 0.3) is 5.91 Å². The minimum atomic E-state index is -0.318. The van der Waals surface area contributed by atoms with Crippen LogP contribution in [-0.2, 0) is 6.54 Å². The van der Waals surface area contributed by atoms with E-state index in [-0.39, 0.29) is 17.2 Å². The van der Waals surface area contributed by atoms with E-state index >= 15 is 0 Å². The molecule has 4 heteroatoms. The van der Waals surface area contributed by atoms with Crippen LogP contribution >= 0.6 is 0 Å². The van der Waals surface area contributed by atoms with Crippen molar-refractivity contribution < 1.29 is 14.3 Å². The summed E-state index contributed by atoms with van der Waals surface area (Å²) in [5.41, 5.74) is 1.18. The van der Waals surface area contributed by atoms with Crippen LogP contribution in [0.4, 0.5) is 0 Å². The Morgan fingerprint density at radius 2 is 2.06 bits per heavy atom. The van der Waals surface area contributed by atoms with E-state index in [0.29, 0.717) is 12.3 Å². The predicted octanol–water partition coefficient (Wildman–Crippen LogP) is 2.53. The van der Waals surface area contributed by atoms with Crippen LogP contribution in [0.1, 0.15) is 27.4 Å². The van der Waals surface area contributed by atoms with Gasteiger partial charge >= 0.3 is 0 Å². The van der Waals surface area contributed by atoms with Crippen molar-refractivity contribution in [2.75, 3.05) is 0 Å². The molecule has 0 spiro atoms. The van der Waals surface area contributed by atoms with Crippen molar-refractivity contribution >= 4 is 5.91 Å². The van der Waals surface area contributed by atoms with E-state index in [0.717, 1.165) is 11.3 Å². The number of carbonyl (C=O) groups excluding carboxylic acids is 1. The Bertz CT molecular complexity index is 572. The molecule has 94 valence electrons. The second kappa shape index (κ2) is 4.96. The van der Waals surface area contributed by atoms with Crippen LogP contribution in [0, 0.1) is 13.8 Å². The molecule has 1 amide bonds. The molecular formula is C14H15NO3. The lowest BCUT2D eigenvalue weighted by molar-refractivity contribution is 0.0945. The molecule has 4 nitrogen and oxygen atoms in total. The summed E-state index contributed by atoms with van der Waals surface area (Å²) in [6, 6.07) is 8.60. The molecule has 0 atom stereocenters. The number of rotatable bonds is 3. The summed E-state index contributed by atoms with van der Waals surface area (Å²) in [7, 11) is 0. The molecule has 0 aliphatic carbocycles. The van der Waals surface area contributed by atoms with Gasteiger partial charge in [-0.2, -0.15) is 0 Å². The summed E-state index contributed by atoms with van der Waals surface area (Å²) in [5, 5.41) is 12.4. The standard InChI is InChI=1S/C14H15NO3/c1-9-3-6-12(13(16)7-9)14(17)15-8-11-5-4-10(2)18-11/h3-7,16H,8H2,1-2H3,(H,15,17). The minimum Gasteiger partial charge on any atom is -0.507 e. The molecule has 0 fully saturated rings. The van der Waals surface area contributed by atoms with Crippen molar-refractivity contribution in [3.05, 3.63) is 53.0 Å². The quantitative estimate of drug-likeness (QED) is 0.873. The summed E-state index contributed by atoms with van der Waals surface area (Å²) in [4.78, 5) is 11.8. The van der Waals surface area contributed by atoms with Gasteiger partial charge in [-0.05, 0) is 43.7 Å². The number of benzene rings is 1. The van der Waals surface area contributed by atoms with Crippen molar-refractivity contribution in [2.24, 2.45) is 0 Å². The zero-order valence-corrected chi connectivity index (χ0v) is 10.4. The molecule has 0 aliphatic heterocycles. The van der Waals surface area contributed by atoms with E-state index in [1.165, 1.54) is 0 Å². The van der Waals surface area contributed by atoms with Crippen LogP contribution in [-0.4, -0.2) is 11.0 Å². The third kappa shape index (κ3) is 2.71. The fourth-order valence-electron chi connectivity index (χ4n) is 1.68. The Kier molecular flexibility index (Phi) is 3.37. The monoisotopic (exact) mass is 245 g/mol. The first-order valence-electron chi connectivity index (χ1n) is 5.69. The van der Waals surface area contributed by atoms with Crippen LogP contribution < -0.4 is 5.32 Å². The molecule has 0 aliphatic rings. The highest BCUT2D eigenvalue weighted by molar-refractivity contribution is 5.96. The summed E-state index contributed by atoms with van der Waals surface area (Å²) in [6.45, 7) is 4.00. The van der Waals surface area contributed by atoms with E-state index < -0.39 is 0 Å². The first-order chi connectivity index (χ1) is 8.56. The lowest BCUT2D eigenvalue weighted by Gasteiger charge is -2.06. The van der Waals surface area contributed by atoms with Crippen molar-refractivity contribution in [1.29, 1.82) is 0 Å². The Morgan fingerprint density at radius 1 is 1.28 bits per heavy atom. The van der Waals surface area contributed by atoms with Gasteiger partial charge in [-0.1, -0.05) is 6.07 Å². The summed E-state index contributed by atoms with van der Waals surface area (Å²) in [6.07, 6.45) is 0. The van der Waals surface area contributed by atoms with Gasteiger partial charge in [0.15, 0.2) is 0 Å². The zero-order chi connectivity index (χ0) is 13.1. The number of furan rings is 1. The van der Waals surface area contributed by atoms with Crippen LogP contribution in [0.3, 0.4) is 0 Å². The molecule has 0 bridgehead atoms. The van der Waals surface area contributed by atoms with Crippen LogP contribution in [0.2, 0.25) is 0 Å². The Morgan fingerprint density at radius 3 is 2.67 bits per heavy atom. The van der Waals surface area contributed by atoms with Crippen molar-refractivity contribution in [3.8, 4) is 5.75 Å². The third-order valence-corrected chi connectivity index (χ3v) is 2.62. The van der Waals surface area contributed by atoms with Gasteiger partial charge in [0.2, 0.25) is 0 Å². The van der Waals surface area contributed by atoms with E-state index in [9.17, 15) is 9.90 Å². The highest BCUT2D eigenvalue weighted by Gasteiger charge is 2.11. The van der Waals surface area contributed by atoms with Crippen LogP contribution in [0.5, 0.6) is 5.75 Å². The zero-order valence-electron chi connectivity index (χ0n) is 10.4. The smallest absolute Gasteiger partial charge is 0.255 e. The molecule has 1 aromatic carbocycles. The molecule has 2 rings (SSSR count). The van der Waals surface area contributed by atoms with Crippen molar-refractivity contribution in [3.63, 3.8) is 0 Å². The maximum absolute atomic E-state index is 11.8. The van der Waals surface area contributed by atoms with Gasteiger partial charge < -0.3 is 14.8 Å². The SMILES string of the molecule is Cc1ccc(C(=O)NCc2ccc(C)o2)c(O)c1. The normalized spacial score (nSPS) is 10.3. The molecule has 0 saturated carbocycles. The van der Waals surface area contributed by atoms with Crippen LogP contribution in [0.25, 0.3) is 0 Å². The largest absolute Gasteiger partial charge is 0.507 e. The number of aromatic hydroxyl groups is 1. The highest BCUT2D eigenvalue weighted by atomic mass is 16.3. The number of hydrogen-bond donors (Lipinski definition) is 2. The molecular weight excluding hydrogens is 230 g/mol. The Balaban J connectivity index is 2.03. The van der Waals surface area contributed by atoms with E-state index in [1.807, 2.05) is 26.0 Å². The van der Waals surface area contributed by atoms with Crippen LogP contribution in [0.15, 0.2) is 34.7 Å². The van der Waals surface area contributed by atoms with Gasteiger partial charge in [-0.3, -0.25) is 4.79 Å². The van der Waals surface area contributed by atoms with Crippen molar-refractivity contribution in [2.45, 2.75) is 20.4 Å². The second-order valence-electron chi connectivity index (χ2n) is 4.22. The Hall–Kier alpha value is -2.23. The van der Waals surface area contributed by atoms with Gasteiger partial charge in [-0.15, -0.1) is 0 Å². The fraction of sp³-hybridized carbons (Fsp3) is 0.214. The van der Waals surface area contributed by atoms with Gasteiger partial charge in [0.1, 0.15) is 17.3 Å². The molecule has 1 aromatic heterocycles. The molecule has 2 aromatic rings. The average Bonchev–Trinajstić information content (AvgIpc) is 2.72. The van der Waals surface area contributed by atoms with Crippen molar-refractivity contribution in [1.82, 2.24) is 5.32 Å². The maximum Gasteiger partial charge on any atom is 0.255 e. The molecule has 0 unspecified atom stereocenters. The second-order valence-corrected chi connectivity index (χ2v) is 4.22. The number of aryl methyl sites for hydroxylation is 2. The topological polar surface area (TPSA) is 62.5 Å². The van der Waals surface area contributed by atoms with E-state index in [2.05, 4.69) is 5.32 Å². The summed E-state index contributed by atoms with van der Waals surface area (Å²) < 4.78 is 5.34. The lowest BCUT2D eigenvalue weighted by atomic mass is 10.1. The molecule has 0 radical (unpaired) electrons. The Labute approximate surface area is 105 Å². The molecule has 0 saturated heterocycles. The van der Waals surface area contributed by atoms with E-state index in [1.54, 1.807) is 18.2 Å². The van der Waals surface area contributed by atoms with Gasteiger partial charge in [-0.25, -0.2) is 0 Å². The predicted molar refractivity (Wildman–Crippen MR) is 67.5 cm³/mol. The number of nitrogens with one attached hydrogen (secondary N) is 1. The highest BCUT2D eigenvalue weighted by Crippen LogP contribution is 2.18. The van der Waals surface area contributed by atoms with Gasteiger partial charge in [0.05, 0.1) is 12.1 Å². The number of phenols is 1. The number of hydrogen-bond acceptors (Lipinski definition) is 3. The third-order valence-electron chi connectivity index (χ3n) is 2.62. The number of phenolic OH excluding ortho intramolecular Hbond substituents is 1. The van der Waals surface area contributed by atoms with Gasteiger partial charge in [0, 0.05) is 0 Å². The number of carbonyl (C=O) groups is 1. The first-order valence-corrected chi connectivity index (χ1v) is 5.69. The molecule has 2 N–H and O–H groups in total. The average molecular weight is 245 g/mol. The minimum absolute atomic E-state index is 0.0110. The fourth-order valence-corrected chi connectivity index (χ4v) is 1.68. The molecule has 1 heterocycles. The summed E-state index contributed by atoms with van der Waals surface area (Å²) in [5.74, 6) is 1.16. The first kappa shape index (κ1) is 12.2.